The van der Waals surface area contributed by atoms with Gasteiger partial charge >= 0.3 is 0 Å². The molecule has 0 radical (unpaired) electrons. The van der Waals surface area contributed by atoms with Crippen molar-refractivity contribution in [3.8, 4) is 0 Å². The third kappa shape index (κ3) is 2.67. The highest BCUT2D eigenvalue weighted by Gasteiger charge is 2.26. The van der Waals surface area contributed by atoms with Gasteiger partial charge in [-0.15, -0.1) is 0 Å². The highest BCUT2D eigenvalue weighted by Crippen LogP contribution is 2.25. The third-order valence-electron chi connectivity index (χ3n) is 3.59. The minimum atomic E-state index is 0.167. The number of nitrogens with two attached hydrogens (primary N) is 1. The molecule has 3 nitrogen and oxygen atoms in total. The fraction of sp³-hybridized carbons (Fsp3) is 0.500. The molecular formula is C14H21N3. The van der Waals surface area contributed by atoms with Crippen molar-refractivity contribution in [2.24, 2.45) is 11.7 Å². The molecule has 1 aliphatic heterocycles. The van der Waals surface area contributed by atoms with E-state index in [-0.39, 0.29) is 5.84 Å². The van der Waals surface area contributed by atoms with Gasteiger partial charge in [-0.3, -0.25) is 10.3 Å². The molecule has 0 aliphatic carbocycles. The van der Waals surface area contributed by atoms with Crippen LogP contribution in [0.25, 0.3) is 0 Å². The first-order valence-corrected chi connectivity index (χ1v) is 6.24. The van der Waals surface area contributed by atoms with E-state index in [1.54, 1.807) is 0 Å². The van der Waals surface area contributed by atoms with Gasteiger partial charge in [0.15, 0.2) is 0 Å². The fourth-order valence-electron chi connectivity index (χ4n) is 2.75. The van der Waals surface area contributed by atoms with E-state index in [1.807, 2.05) is 18.2 Å². The van der Waals surface area contributed by atoms with Crippen LogP contribution in [0, 0.1) is 11.3 Å². The maximum absolute atomic E-state index is 7.60. The molecule has 92 valence electrons. The molecule has 1 heterocycles. The van der Waals surface area contributed by atoms with Gasteiger partial charge in [0.1, 0.15) is 5.84 Å². The lowest BCUT2D eigenvalue weighted by Gasteiger charge is -2.22. The normalized spacial score (nSPS) is 25.1. The Balaban J connectivity index is 2.16. The van der Waals surface area contributed by atoms with Crippen LogP contribution in [0.4, 0.5) is 0 Å². The monoisotopic (exact) mass is 231 g/mol. The van der Waals surface area contributed by atoms with E-state index in [4.69, 9.17) is 11.1 Å². The summed E-state index contributed by atoms with van der Waals surface area (Å²) in [5, 5.41) is 7.60. The zero-order chi connectivity index (χ0) is 12.4. The van der Waals surface area contributed by atoms with Crippen molar-refractivity contribution in [3.63, 3.8) is 0 Å². The topological polar surface area (TPSA) is 53.1 Å². The Bertz CT molecular complexity index is 414. The summed E-state index contributed by atoms with van der Waals surface area (Å²) in [6.07, 6.45) is 1.27. The second kappa shape index (κ2) is 4.88. The lowest BCUT2D eigenvalue weighted by atomic mass is 10.1. The van der Waals surface area contributed by atoms with Gasteiger partial charge < -0.3 is 5.73 Å². The number of nitrogen functional groups attached to an aromatic ring is 1. The van der Waals surface area contributed by atoms with E-state index in [0.717, 1.165) is 24.6 Å². The summed E-state index contributed by atoms with van der Waals surface area (Å²) in [5.74, 6) is 0.940. The SMILES string of the molecule is CC1CC(C)N(Cc2ccccc2C(=N)N)C1. The molecular weight excluding hydrogens is 210 g/mol. The highest BCUT2D eigenvalue weighted by molar-refractivity contribution is 5.96. The predicted octanol–water partition coefficient (Wildman–Crippen LogP) is 2.20. The van der Waals surface area contributed by atoms with Gasteiger partial charge in [-0.1, -0.05) is 31.2 Å². The number of nitrogens with zero attached hydrogens (tertiary/aromatic N) is 1. The van der Waals surface area contributed by atoms with Crippen LogP contribution in [-0.4, -0.2) is 23.3 Å². The zero-order valence-corrected chi connectivity index (χ0v) is 10.6. The van der Waals surface area contributed by atoms with E-state index in [1.165, 1.54) is 12.0 Å². The molecule has 2 atom stereocenters. The summed E-state index contributed by atoms with van der Waals surface area (Å²) in [4.78, 5) is 2.48. The Morgan fingerprint density at radius 2 is 2.12 bits per heavy atom. The van der Waals surface area contributed by atoms with E-state index < -0.39 is 0 Å². The number of hydrogen-bond donors (Lipinski definition) is 2. The first kappa shape index (κ1) is 12.1. The quantitative estimate of drug-likeness (QED) is 0.619. The molecule has 1 aromatic carbocycles. The molecule has 17 heavy (non-hydrogen) atoms. The number of rotatable bonds is 3. The maximum atomic E-state index is 7.60. The molecule has 2 unspecified atom stereocenters. The highest BCUT2D eigenvalue weighted by atomic mass is 15.2. The second-order valence-electron chi connectivity index (χ2n) is 5.19. The van der Waals surface area contributed by atoms with Crippen LogP contribution in [-0.2, 0) is 6.54 Å². The first-order chi connectivity index (χ1) is 8.08. The Hall–Kier alpha value is -1.35. The molecule has 1 aromatic rings. The predicted molar refractivity (Wildman–Crippen MR) is 71.1 cm³/mol. The smallest absolute Gasteiger partial charge is 0.123 e. The van der Waals surface area contributed by atoms with Crippen molar-refractivity contribution < 1.29 is 0 Å². The van der Waals surface area contributed by atoms with Crippen LogP contribution in [0.3, 0.4) is 0 Å². The van der Waals surface area contributed by atoms with Crippen LogP contribution in [0.5, 0.6) is 0 Å². The fourth-order valence-corrected chi connectivity index (χ4v) is 2.75. The summed E-state index contributed by atoms with van der Waals surface area (Å²) in [6, 6.07) is 8.60. The van der Waals surface area contributed by atoms with Crippen molar-refractivity contribution in [1.29, 1.82) is 5.41 Å². The largest absolute Gasteiger partial charge is 0.384 e. The molecule has 0 saturated carbocycles. The third-order valence-corrected chi connectivity index (χ3v) is 3.59. The standard InChI is InChI=1S/C14H21N3/c1-10-7-11(2)17(8-10)9-12-5-3-4-6-13(12)14(15)16/h3-6,10-11H,7-9H2,1-2H3,(H3,15,16). The van der Waals surface area contributed by atoms with Crippen LogP contribution in [0.15, 0.2) is 24.3 Å². The molecule has 0 bridgehead atoms. The Kier molecular flexibility index (Phi) is 3.48. The number of hydrogen-bond acceptors (Lipinski definition) is 2. The average Bonchev–Trinajstić information content (AvgIpc) is 2.58. The molecule has 3 N–H and O–H groups in total. The van der Waals surface area contributed by atoms with Crippen molar-refractivity contribution >= 4 is 5.84 Å². The average molecular weight is 231 g/mol. The van der Waals surface area contributed by atoms with E-state index >= 15 is 0 Å². The van der Waals surface area contributed by atoms with Gasteiger partial charge in [0.2, 0.25) is 0 Å². The molecule has 1 fully saturated rings. The zero-order valence-electron chi connectivity index (χ0n) is 10.6. The van der Waals surface area contributed by atoms with Crippen LogP contribution < -0.4 is 5.73 Å². The number of benzene rings is 1. The number of amidine groups is 1. The summed E-state index contributed by atoms with van der Waals surface area (Å²) >= 11 is 0. The molecule has 1 saturated heterocycles. The van der Waals surface area contributed by atoms with E-state index in [9.17, 15) is 0 Å². The van der Waals surface area contributed by atoms with Crippen molar-refractivity contribution in [2.45, 2.75) is 32.9 Å². The number of likely N-dealkylation sites (tertiary alicyclic amines) is 1. The van der Waals surface area contributed by atoms with Gasteiger partial charge in [-0.2, -0.15) is 0 Å². The van der Waals surface area contributed by atoms with E-state index in [0.29, 0.717) is 6.04 Å². The molecule has 0 spiro atoms. The van der Waals surface area contributed by atoms with Gasteiger partial charge in [-0.05, 0) is 24.8 Å². The molecule has 2 rings (SSSR count). The summed E-state index contributed by atoms with van der Waals surface area (Å²) in [5.41, 5.74) is 7.66. The molecule has 3 heteroatoms. The van der Waals surface area contributed by atoms with Crippen LogP contribution in [0.2, 0.25) is 0 Å². The van der Waals surface area contributed by atoms with Crippen molar-refractivity contribution in [2.75, 3.05) is 6.54 Å². The van der Waals surface area contributed by atoms with Crippen molar-refractivity contribution in [1.82, 2.24) is 4.90 Å². The van der Waals surface area contributed by atoms with Gasteiger partial charge in [0.25, 0.3) is 0 Å². The van der Waals surface area contributed by atoms with Gasteiger partial charge in [0, 0.05) is 24.7 Å². The minimum Gasteiger partial charge on any atom is -0.384 e. The maximum Gasteiger partial charge on any atom is 0.123 e. The first-order valence-electron chi connectivity index (χ1n) is 6.24. The van der Waals surface area contributed by atoms with E-state index in [2.05, 4.69) is 24.8 Å². The van der Waals surface area contributed by atoms with Crippen LogP contribution >= 0.6 is 0 Å². The van der Waals surface area contributed by atoms with Crippen molar-refractivity contribution in [3.05, 3.63) is 35.4 Å². The summed E-state index contributed by atoms with van der Waals surface area (Å²) < 4.78 is 0. The second-order valence-corrected chi connectivity index (χ2v) is 5.19. The molecule has 0 aromatic heterocycles. The molecule has 0 amide bonds. The summed E-state index contributed by atoms with van der Waals surface area (Å²) in [7, 11) is 0. The molecule has 1 aliphatic rings. The van der Waals surface area contributed by atoms with Crippen LogP contribution in [0.1, 0.15) is 31.4 Å². The minimum absolute atomic E-state index is 0.167. The Morgan fingerprint density at radius 3 is 2.71 bits per heavy atom. The lowest BCUT2D eigenvalue weighted by Crippen LogP contribution is -2.28. The Morgan fingerprint density at radius 1 is 1.41 bits per heavy atom. The number of nitrogens with one attached hydrogen (secondary N) is 1. The summed E-state index contributed by atoms with van der Waals surface area (Å²) in [6.45, 7) is 6.63. The Labute approximate surface area is 103 Å². The van der Waals surface area contributed by atoms with Gasteiger partial charge in [-0.25, -0.2) is 0 Å². The lowest BCUT2D eigenvalue weighted by molar-refractivity contribution is 0.256. The van der Waals surface area contributed by atoms with Gasteiger partial charge in [0.05, 0.1) is 0 Å².